The number of furan rings is 1. The summed E-state index contributed by atoms with van der Waals surface area (Å²) in [5, 5.41) is 28.7. The van der Waals surface area contributed by atoms with Crippen LogP contribution in [0.25, 0.3) is 34.1 Å². The van der Waals surface area contributed by atoms with Gasteiger partial charge in [-0.1, -0.05) is 0 Å². The van der Waals surface area contributed by atoms with Crippen LogP contribution in [0.15, 0.2) is 57.4 Å². The highest BCUT2D eigenvalue weighted by atomic mass is 16.6. The summed E-state index contributed by atoms with van der Waals surface area (Å²) in [6.07, 6.45) is 0. The average Bonchev–Trinajstić information content (AvgIpc) is 3.21. The topological polar surface area (TPSA) is 115 Å². The Kier molecular flexibility index (Phi) is 3.02. The van der Waals surface area contributed by atoms with Gasteiger partial charge in [0.1, 0.15) is 11.3 Å². The summed E-state index contributed by atoms with van der Waals surface area (Å²) in [6.45, 7) is 0. The summed E-state index contributed by atoms with van der Waals surface area (Å²) in [7, 11) is 0. The van der Waals surface area contributed by atoms with E-state index in [0.717, 1.165) is 0 Å². The summed E-state index contributed by atoms with van der Waals surface area (Å²) >= 11 is 0. The van der Waals surface area contributed by atoms with Crippen LogP contribution < -0.4 is 0 Å². The minimum atomic E-state index is -0.489. The number of aromatic hydroxyl groups is 1. The Balaban J connectivity index is 1.72. The van der Waals surface area contributed by atoms with Crippen molar-refractivity contribution in [3.05, 3.63) is 58.6 Å². The molecule has 0 fully saturated rings. The maximum Gasteiger partial charge on any atom is 0.283 e. The van der Waals surface area contributed by atoms with Crippen molar-refractivity contribution in [1.82, 2.24) is 10.2 Å². The Bertz CT molecular complexity index is 1050. The standard InChI is InChI=1S/C16H9N3O5/c20-12-5-2-9(3-6-12)15-17-18-16(24-15)14-7-10-1-4-11(19(21)22)8-13(10)23-14/h1-8,20H. The molecule has 2 heterocycles. The summed E-state index contributed by atoms with van der Waals surface area (Å²) < 4.78 is 11.1. The highest BCUT2D eigenvalue weighted by molar-refractivity contribution is 5.83. The van der Waals surface area contributed by atoms with Crippen LogP contribution in [0.4, 0.5) is 5.69 Å². The quantitative estimate of drug-likeness (QED) is 0.450. The first-order valence-corrected chi connectivity index (χ1v) is 6.91. The van der Waals surface area contributed by atoms with Crippen LogP contribution in [0.3, 0.4) is 0 Å². The first kappa shape index (κ1) is 13.9. The summed E-state index contributed by atoms with van der Waals surface area (Å²) in [5.74, 6) is 0.897. The summed E-state index contributed by atoms with van der Waals surface area (Å²) in [5.41, 5.74) is 0.959. The highest BCUT2D eigenvalue weighted by Gasteiger charge is 2.16. The molecule has 1 N–H and O–H groups in total. The van der Waals surface area contributed by atoms with Crippen LogP contribution in [0, 0.1) is 10.1 Å². The molecule has 8 heteroatoms. The van der Waals surface area contributed by atoms with Gasteiger partial charge in [0, 0.05) is 17.0 Å². The number of phenolic OH excluding ortho intramolecular Hbond substituents is 1. The van der Waals surface area contributed by atoms with Crippen molar-refractivity contribution in [2.24, 2.45) is 0 Å². The number of fused-ring (bicyclic) bond motifs is 1. The lowest BCUT2D eigenvalue weighted by Gasteiger charge is -1.94. The third-order valence-electron chi connectivity index (χ3n) is 3.46. The van der Waals surface area contributed by atoms with Gasteiger partial charge in [0.05, 0.1) is 11.0 Å². The third-order valence-corrected chi connectivity index (χ3v) is 3.46. The number of nitrogens with zero attached hydrogens (tertiary/aromatic N) is 3. The fourth-order valence-corrected chi connectivity index (χ4v) is 2.28. The molecular weight excluding hydrogens is 314 g/mol. The van der Waals surface area contributed by atoms with Crippen molar-refractivity contribution in [1.29, 1.82) is 0 Å². The molecule has 0 aliphatic heterocycles. The highest BCUT2D eigenvalue weighted by Crippen LogP contribution is 2.31. The number of non-ortho nitro benzene ring substituents is 1. The minimum absolute atomic E-state index is 0.0567. The van der Waals surface area contributed by atoms with Gasteiger partial charge in [-0.05, 0) is 36.4 Å². The Morgan fingerprint density at radius 2 is 1.71 bits per heavy atom. The Labute approximate surface area is 134 Å². The second-order valence-electron chi connectivity index (χ2n) is 5.05. The van der Waals surface area contributed by atoms with Gasteiger partial charge in [-0.2, -0.15) is 0 Å². The minimum Gasteiger partial charge on any atom is -0.508 e. The lowest BCUT2D eigenvalue weighted by Crippen LogP contribution is -1.85. The van der Waals surface area contributed by atoms with Crippen molar-refractivity contribution < 1.29 is 18.9 Å². The van der Waals surface area contributed by atoms with E-state index in [1.165, 1.54) is 24.3 Å². The van der Waals surface area contributed by atoms with Crippen molar-refractivity contribution in [2.45, 2.75) is 0 Å². The molecule has 0 amide bonds. The predicted molar refractivity (Wildman–Crippen MR) is 83.3 cm³/mol. The lowest BCUT2D eigenvalue weighted by atomic mass is 10.2. The Hall–Kier alpha value is -3.68. The van der Waals surface area contributed by atoms with Crippen molar-refractivity contribution in [2.75, 3.05) is 0 Å². The molecule has 24 heavy (non-hydrogen) atoms. The normalized spacial score (nSPS) is 11.0. The Morgan fingerprint density at radius 1 is 0.958 bits per heavy atom. The maximum atomic E-state index is 10.8. The average molecular weight is 323 g/mol. The molecule has 0 unspecified atom stereocenters. The van der Waals surface area contributed by atoms with Crippen molar-refractivity contribution in [3.63, 3.8) is 0 Å². The molecule has 0 saturated heterocycles. The van der Waals surface area contributed by atoms with Gasteiger partial charge >= 0.3 is 0 Å². The Morgan fingerprint density at radius 3 is 2.46 bits per heavy atom. The lowest BCUT2D eigenvalue weighted by molar-refractivity contribution is -0.384. The molecule has 118 valence electrons. The first-order valence-electron chi connectivity index (χ1n) is 6.91. The third kappa shape index (κ3) is 2.35. The fourth-order valence-electron chi connectivity index (χ4n) is 2.28. The number of rotatable bonds is 3. The molecule has 2 aromatic carbocycles. The molecule has 2 aromatic heterocycles. The number of aromatic nitrogens is 2. The van der Waals surface area contributed by atoms with Gasteiger partial charge < -0.3 is 13.9 Å². The smallest absolute Gasteiger partial charge is 0.283 e. The van der Waals surface area contributed by atoms with Crippen LogP contribution in [0.5, 0.6) is 5.75 Å². The van der Waals surface area contributed by atoms with E-state index in [9.17, 15) is 15.2 Å². The van der Waals surface area contributed by atoms with E-state index >= 15 is 0 Å². The largest absolute Gasteiger partial charge is 0.508 e. The molecule has 0 aliphatic rings. The molecule has 0 aliphatic carbocycles. The molecular formula is C16H9N3O5. The molecule has 0 spiro atoms. The van der Waals surface area contributed by atoms with Gasteiger partial charge in [-0.25, -0.2) is 0 Å². The number of nitro benzene ring substituents is 1. The van der Waals surface area contributed by atoms with E-state index in [1.54, 1.807) is 24.3 Å². The molecule has 0 bridgehead atoms. The van der Waals surface area contributed by atoms with Crippen molar-refractivity contribution in [3.8, 4) is 28.9 Å². The number of hydrogen-bond donors (Lipinski definition) is 1. The summed E-state index contributed by atoms with van der Waals surface area (Å²) in [4.78, 5) is 10.3. The van der Waals surface area contributed by atoms with Crippen LogP contribution in [-0.2, 0) is 0 Å². The van der Waals surface area contributed by atoms with Crippen LogP contribution in [0.2, 0.25) is 0 Å². The zero-order chi connectivity index (χ0) is 16.7. The van der Waals surface area contributed by atoms with E-state index in [-0.39, 0.29) is 23.2 Å². The second-order valence-corrected chi connectivity index (χ2v) is 5.05. The van der Waals surface area contributed by atoms with Gasteiger partial charge in [0.25, 0.3) is 11.6 Å². The SMILES string of the molecule is O=[N+]([O-])c1ccc2cc(-c3nnc(-c4ccc(O)cc4)o3)oc2c1. The number of phenols is 1. The molecule has 0 radical (unpaired) electrons. The zero-order valence-corrected chi connectivity index (χ0v) is 12.0. The first-order chi connectivity index (χ1) is 11.6. The van der Waals surface area contributed by atoms with Crippen LogP contribution >= 0.6 is 0 Å². The fraction of sp³-hybridized carbons (Fsp3) is 0. The molecule has 0 atom stereocenters. The van der Waals surface area contributed by atoms with Gasteiger partial charge in [0.2, 0.25) is 5.89 Å². The molecule has 0 saturated carbocycles. The van der Waals surface area contributed by atoms with Crippen molar-refractivity contribution >= 4 is 16.7 Å². The van der Waals surface area contributed by atoms with E-state index in [2.05, 4.69) is 10.2 Å². The monoisotopic (exact) mass is 323 g/mol. The number of benzene rings is 2. The van der Waals surface area contributed by atoms with Crippen LogP contribution in [-0.4, -0.2) is 20.2 Å². The molecule has 8 nitrogen and oxygen atoms in total. The predicted octanol–water partition coefficient (Wildman–Crippen LogP) is 3.76. The second kappa shape index (κ2) is 5.20. The van der Waals surface area contributed by atoms with Crippen LogP contribution in [0.1, 0.15) is 0 Å². The summed E-state index contributed by atoms with van der Waals surface area (Å²) in [6, 6.07) is 12.3. The van der Waals surface area contributed by atoms with E-state index < -0.39 is 4.92 Å². The molecule has 4 aromatic rings. The van der Waals surface area contributed by atoms with Gasteiger partial charge in [0.15, 0.2) is 5.76 Å². The van der Waals surface area contributed by atoms with E-state index in [1.807, 2.05) is 0 Å². The zero-order valence-electron chi connectivity index (χ0n) is 12.0. The number of hydrogen-bond acceptors (Lipinski definition) is 7. The van der Waals surface area contributed by atoms with E-state index in [4.69, 9.17) is 8.83 Å². The molecule has 4 rings (SSSR count). The van der Waals surface area contributed by atoms with E-state index in [0.29, 0.717) is 22.3 Å². The maximum absolute atomic E-state index is 10.8. The van der Waals surface area contributed by atoms with Gasteiger partial charge in [-0.3, -0.25) is 10.1 Å². The number of nitro groups is 1. The van der Waals surface area contributed by atoms with Gasteiger partial charge in [-0.15, -0.1) is 10.2 Å².